The maximum atomic E-state index is 13.4. The van der Waals surface area contributed by atoms with Crippen molar-refractivity contribution in [3.8, 4) is 0 Å². The SMILES string of the molecule is CC(=O)OCC1O[C@H](O[C@@H]2C(COC(C)=O)O[C@@H](CC(=O)Cn3[se]c4ccccc4c3=O)C(OC(C)=O)[C@H]2C)C(C)[C@@H](C)[C@@H]1C. The topological polar surface area (TPSA) is 146 Å². The summed E-state index contributed by atoms with van der Waals surface area (Å²) in [6.07, 6.45) is -4.56. The second-order valence-corrected chi connectivity index (χ2v) is 14.4. The standard InChI is InChI=1S/C32H43NO11Se/c1-16-17(2)26(14-39-20(5)34)43-32(18(16)3)44-30-19(4)29(41-22(7)36)25(42-27(30)15-40-21(6)35)12-23(37)13-33-31(38)24-10-8-9-11-28(24)45-33/h8-11,16-19,25-27,29-30,32H,12-15H2,1-7H3/t16-,17-,18?,19+,25-,26?,27?,29?,30-,32+/m0/s1. The first kappa shape index (κ1) is 35.0. The summed E-state index contributed by atoms with van der Waals surface area (Å²) in [5.74, 6) is -2.06. The van der Waals surface area contributed by atoms with Gasteiger partial charge in [0.05, 0.1) is 0 Å². The number of carbonyl (C=O) groups is 4. The Balaban J connectivity index is 1.56. The Morgan fingerprint density at radius 2 is 1.42 bits per heavy atom. The van der Waals surface area contributed by atoms with E-state index in [0.29, 0.717) is 5.39 Å². The van der Waals surface area contributed by atoms with Gasteiger partial charge in [0, 0.05) is 6.92 Å². The van der Waals surface area contributed by atoms with Crippen LogP contribution in [0.4, 0.5) is 0 Å². The van der Waals surface area contributed by atoms with Crippen LogP contribution in [0, 0.1) is 23.7 Å². The second kappa shape index (κ2) is 15.2. The van der Waals surface area contributed by atoms with Gasteiger partial charge in [-0.2, -0.15) is 0 Å². The maximum absolute atomic E-state index is 13.4. The van der Waals surface area contributed by atoms with E-state index in [1.165, 1.54) is 20.8 Å². The van der Waals surface area contributed by atoms with Crippen LogP contribution in [0.5, 0.6) is 0 Å². The summed E-state index contributed by atoms with van der Waals surface area (Å²) >= 11 is -0.325. The molecule has 2 saturated heterocycles. The summed E-state index contributed by atoms with van der Waals surface area (Å²) in [4.78, 5) is 61.8. The molecule has 3 heterocycles. The minimum atomic E-state index is -0.871. The van der Waals surface area contributed by atoms with Gasteiger partial charge in [0.2, 0.25) is 0 Å². The van der Waals surface area contributed by atoms with Gasteiger partial charge in [0.1, 0.15) is 6.61 Å². The third-order valence-corrected chi connectivity index (χ3v) is 11.1. The van der Waals surface area contributed by atoms with Gasteiger partial charge >= 0.3 is 226 Å². The average Bonchev–Trinajstić information content (AvgIpc) is 3.29. The predicted molar refractivity (Wildman–Crippen MR) is 162 cm³/mol. The van der Waals surface area contributed by atoms with Crippen molar-refractivity contribution in [2.75, 3.05) is 13.2 Å². The van der Waals surface area contributed by atoms with E-state index >= 15 is 0 Å². The summed E-state index contributed by atoms with van der Waals surface area (Å²) in [6, 6.07) is 7.30. The molecule has 2 aliphatic heterocycles. The van der Waals surface area contributed by atoms with Crippen molar-refractivity contribution in [2.45, 2.75) is 98.2 Å². The first-order valence-electron chi connectivity index (χ1n) is 15.3. The quantitative estimate of drug-likeness (QED) is 0.194. The molecular formula is C32H43NO11Se. The van der Waals surface area contributed by atoms with Gasteiger partial charge in [-0.1, -0.05) is 13.8 Å². The van der Waals surface area contributed by atoms with E-state index in [2.05, 4.69) is 6.92 Å². The molecule has 10 atom stereocenters. The summed E-state index contributed by atoms with van der Waals surface area (Å²) in [6.45, 7) is 11.7. The Labute approximate surface area is 268 Å². The van der Waals surface area contributed by atoms with E-state index in [0.717, 1.165) is 4.26 Å². The van der Waals surface area contributed by atoms with Crippen LogP contribution in [0.15, 0.2) is 29.1 Å². The van der Waals surface area contributed by atoms with Gasteiger partial charge in [-0.3, -0.25) is 4.79 Å². The molecule has 0 spiro atoms. The fourth-order valence-electron chi connectivity index (χ4n) is 6.09. The van der Waals surface area contributed by atoms with Crippen LogP contribution in [-0.4, -0.2) is 92.0 Å². The summed E-state index contributed by atoms with van der Waals surface area (Å²) in [7, 11) is 0. The smallest absolute Gasteiger partial charge is 0.0617 e. The van der Waals surface area contributed by atoms with Crippen LogP contribution in [0.1, 0.15) is 54.9 Å². The molecule has 0 saturated carbocycles. The zero-order valence-corrected chi connectivity index (χ0v) is 28.5. The number of fused-ring (bicyclic) bond motifs is 1. The predicted octanol–water partition coefficient (Wildman–Crippen LogP) is 2.50. The van der Waals surface area contributed by atoms with Crippen molar-refractivity contribution in [1.29, 1.82) is 0 Å². The molecule has 4 rings (SSSR count). The van der Waals surface area contributed by atoms with Crippen LogP contribution in [0.25, 0.3) is 9.65 Å². The van der Waals surface area contributed by atoms with Crippen LogP contribution >= 0.6 is 0 Å². The fraction of sp³-hybridized carbons (Fsp3) is 0.656. The third-order valence-electron chi connectivity index (χ3n) is 8.90. The number of rotatable bonds is 11. The zero-order chi connectivity index (χ0) is 33.0. The van der Waals surface area contributed by atoms with Crippen molar-refractivity contribution in [3.05, 3.63) is 34.6 Å². The Bertz CT molecular complexity index is 1430. The molecular weight excluding hydrogens is 653 g/mol. The van der Waals surface area contributed by atoms with Crippen molar-refractivity contribution in [1.82, 2.24) is 3.56 Å². The number of hydrogen-bond acceptors (Lipinski definition) is 11. The summed E-state index contributed by atoms with van der Waals surface area (Å²) < 4.78 is 38.0. The molecule has 2 aliphatic rings. The molecule has 1 aromatic carbocycles. The van der Waals surface area contributed by atoms with Crippen molar-refractivity contribution in [2.24, 2.45) is 23.7 Å². The van der Waals surface area contributed by atoms with Crippen LogP contribution in [-0.2, 0) is 54.1 Å². The molecule has 2 fully saturated rings. The number of carbonyl (C=O) groups excluding carboxylic acids is 4. The normalized spacial score (nSPS) is 31.7. The van der Waals surface area contributed by atoms with E-state index in [-0.39, 0.29) is 70.0 Å². The summed E-state index contributed by atoms with van der Waals surface area (Å²) in [5.41, 5.74) is -0.188. The van der Waals surface area contributed by atoms with E-state index in [1.54, 1.807) is 15.7 Å². The molecule has 0 N–H and O–H groups in total. The van der Waals surface area contributed by atoms with Gasteiger partial charge in [-0.15, -0.1) is 0 Å². The average molecular weight is 697 g/mol. The number of aromatic nitrogens is 1. The fourth-order valence-corrected chi connectivity index (χ4v) is 8.23. The molecule has 248 valence electrons. The van der Waals surface area contributed by atoms with E-state index < -0.39 is 60.6 Å². The van der Waals surface area contributed by atoms with Gasteiger partial charge in [0.15, 0.2) is 0 Å². The van der Waals surface area contributed by atoms with Crippen LogP contribution < -0.4 is 5.56 Å². The molecule has 2 aromatic rings. The minimum absolute atomic E-state index is 0.0642. The molecule has 0 aliphatic carbocycles. The molecule has 0 radical (unpaired) electrons. The molecule has 0 amide bonds. The number of hydrogen-bond donors (Lipinski definition) is 0. The van der Waals surface area contributed by atoms with Crippen molar-refractivity contribution < 1.29 is 47.6 Å². The van der Waals surface area contributed by atoms with Gasteiger partial charge in [-0.05, 0) is 5.92 Å². The Morgan fingerprint density at radius 1 is 0.778 bits per heavy atom. The van der Waals surface area contributed by atoms with Crippen LogP contribution in [0.3, 0.4) is 0 Å². The monoisotopic (exact) mass is 697 g/mol. The molecule has 0 bridgehead atoms. The molecule has 45 heavy (non-hydrogen) atoms. The van der Waals surface area contributed by atoms with Crippen LogP contribution in [0.2, 0.25) is 0 Å². The van der Waals surface area contributed by atoms with Crippen molar-refractivity contribution >= 4 is 48.1 Å². The molecule has 4 unspecified atom stereocenters. The number of benzene rings is 1. The van der Waals surface area contributed by atoms with E-state index in [4.69, 9.17) is 28.4 Å². The minimum Gasteiger partial charge on any atom is -0.0617 e. The number of ether oxygens (including phenoxy) is 6. The number of Topliss-reactive ketones (excluding diaryl/α,β-unsaturated/α-hetero) is 1. The first-order valence-corrected chi connectivity index (χ1v) is 16.9. The molecule has 12 nitrogen and oxygen atoms in total. The summed E-state index contributed by atoms with van der Waals surface area (Å²) in [5, 5.41) is 0.602. The molecule has 1 aromatic heterocycles. The number of esters is 3. The third kappa shape index (κ3) is 8.51. The Kier molecular flexibility index (Phi) is 11.8. The molecule has 13 heteroatoms. The number of ketones is 1. The second-order valence-electron chi connectivity index (χ2n) is 12.1. The van der Waals surface area contributed by atoms with Gasteiger partial charge in [0.25, 0.3) is 0 Å². The first-order chi connectivity index (χ1) is 21.3. The Morgan fingerprint density at radius 3 is 2.04 bits per heavy atom. The van der Waals surface area contributed by atoms with Crippen molar-refractivity contribution in [3.63, 3.8) is 0 Å². The van der Waals surface area contributed by atoms with Gasteiger partial charge < -0.3 is 4.74 Å². The van der Waals surface area contributed by atoms with Gasteiger partial charge in [-0.25, -0.2) is 0 Å². The van der Waals surface area contributed by atoms with E-state index in [9.17, 15) is 24.0 Å². The van der Waals surface area contributed by atoms with E-state index in [1.807, 2.05) is 32.9 Å². The number of nitrogens with zero attached hydrogens (tertiary/aromatic N) is 1. The Hall–Kier alpha value is -2.83. The zero-order valence-electron chi connectivity index (χ0n) is 26.8.